The number of urea groups is 1. The van der Waals surface area contributed by atoms with Crippen LogP contribution in [0.25, 0.3) is 0 Å². The first-order valence-electron chi connectivity index (χ1n) is 11.0. The topological polar surface area (TPSA) is 95.1 Å². The predicted octanol–water partition coefficient (Wildman–Crippen LogP) is 7.64. The summed E-state index contributed by atoms with van der Waals surface area (Å²) in [5.41, 5.74) is 2.44. The van der Waals surface area contributed by atoms with Crippen molar-refractivity contribution in [3.8, 4) is 17.2 Å². The van der Waals surface area contributed by atoms with E-state index in [0.29, 0.717) is 22.9 Å². The molecule has 0 bridgehead atoms. The second kappa shape index (κ2) is 12.9. The van der Waals surface area contributed by atoms with E-state index < -0.39 is 7.60 Å². The van der Waals surface area contributed by atoms with Gasteiger partial charge in [0.2, 0.25) is 0 Å². The number of carbonyl (C=O) groups is 1. The Kier molecular flexibility index (Phi) is 9.97. The van der Waals surface area contributed by atoms with Crippen LogP contribution in [0.15, 0.2) is 66.7 Å². The van der Waals surface area contributed by atoms with Crippen molar-refractivity contribution in [1.82, 2.24) is 0 Å². The van der Waals surface area contributed by atoms with Crippen LogP contribution in [0.5, 0.6) is 17.2 Å². The van der Waals surface area contributed by atoms with E-state index in [1.54, 1.807) is 62.4 Å². The summed E-state index contributed by atoms with van der Waals surface area (Å²) in [4.78, 5) is 12.3. The molecule has 2 N–H and O–H groups in total. The van der Waals surface area contributed by atoms with Crippen molar-refractivity contribution in [2.75, 3.05) is 30.2 Å². The number of ether oxygens (including phenoxy) is 2. The van der Waals surface area contributed by atoms with Crippen LogP contribution in [0.2, 0.25) is 0 Å². The number of nitrogens with one attached hydrogen (secondary N) is 2. The van der Waals surface area contributed by atoms with Gasteiger partial charge in [-0.15, -0.1) is 0 Å². The van der Waals surface area contributed by atoms with Crippen molar-refractivity contribution in [2.45, 2.75) is 20.8 Å². The van der Waals surface area contributed by atoms with Crippen LogP contribution in [0.4, 0.5) is 16.2 Å². The highest BCUT2D eigenvalue weighted by Crippen LogP contribution is 2.48. The third-order valence-electron chi connectivity index (χ3n) is 4.61. The maximum Gasteiger partial charge on any atom is 0.367 e. The Labute approximate surface area is 219 Å². The first-order chi connectivity index (χ1) is 16.8. The number of amides is 2. The molecule has 0 aromatic heterocycles. The van der Waals surface area contributed by atoms with Gasteiger partial charge in [-0.3, -0.25) is 4.57 Å². The lowest BCUT2D eigenvalue weighted by Gasteiger charge is -2.17. The molecule has 3 rings (SSSR count). The molecule has 0 heterocycles. The van der Waals surface area contributed by atoms with Crippen molar-refractivity contribution < 1.29 is 27.9 Å². The molecule has 0 saturated heterocycles. The quantitative estimate of drug-likeness (QED) is 0.171. The van der Waals surface area contributed by atoms with Gasteiger partial charge in [0, 0.05) is 21.0 Å². The van der Waals surface area contributed by atoms with Crippen LogP contribution in [-0.4, -0.2) is 25.6 Å². The van der Waals surface area contributed by atoms with Gasteiger partial charge in [-0.05, 0) is 104 Å². The third-order valence-corrected chi connectivity index (χ3v) is 7.57. The predicted molar refractivity (Wildman–Crippen MR) is 146 cm³/mol. The molecule has 0 radical (unpaired) electrons. The maximum atomic E-state index is 12.6. The minimum absolute atomic E-state index is 0.192. The summed E-state index contributed by atoms with van der Waals surface area (Å²) in [5, 5.41) is 5.62. The average molecular weight is 610 g/mol. The number of anilines is 2. The molecule has 2 amide bonds. The largest absolute Gasteiger partial charge is 0.481 e. The van der Waals surface area contributed by atoms with Crippen LogP contribution < -0.4 is 20.1 Å². The lowest BCUT2D eigenvalue weighted by atomic mass is 10.2. The molecule has 0 saturated carbocycles. The molecule has 8 nitrogen and oxygen atoms in total. The Bertz CT molecular complexity index is 1180. The fourth-order valence-electron chi connectivity index (χ4n) is 3.04. The Hall–Kier alpha value is -2.59. The lowest BCUT2D eigenvalue weighted by molar-refractivity contribution is 0.196. The maximum absolute atomic E-state index is 12.6. The van der Waals surface area contributed by atoms with Gasteiger partial charge in [0.15, 0.2) is 6.35 Å². The first-order valence-corrected chi connectivity index (χ1v) is 13.8. The molecule has 0 aliphatic carbocycles. The Morgan fingerprint density at radius 1 is 0.857 bits per heavy atom. The standard InChI is InChI=1S/C25H28IN2O6P/c1-4-32-35(30,33-5-2)17-31-22-7-6-8-23(16-22)34-21-12-9-19(10-13-21)27-25(29)28-20-11-14-24(26)18(3)15-20/h6-16H,4-5,17H2,1-3H3,(H2,27,28,29). The average Bonchev–Trinajstić information content (AvgIpc) is 2.82. The summed E-state index contributed by atoms with van der Waals surface area (Å²) in [7, 11) is -3.31. The molecule has 10 heteroatoms. The van der Waals surface area contributed by atoms with Gasteiger partial charge >= 0.3 is 13.6 Å². The first kappa shape index (κ1) is 27.0. The summed E-state index contributed by atoms with van der Waals surface area (Å²) < 4.78 is 35.7. The molecule has 3 aromatic rings. The fourth-order valence-corrected chi connectivity index (χ4v) is 4.70. The van der Waals surface area contributed by atoms with Crippen molar-refractivity contribution >= 4 is 47.6 Å². The smallest absolute Gasteiger partial charge is 0.367 e. The Balaban J connectivity index is 1.56. The SMILES string of the molecule is CCOP(=O)(COc1cccc(Oc2ccc(NC(=O)Nc3ccc(I)c(C)c3)cc2)c1)OCC. The van der Waals surface area contributed by atoms with Gasteiger partial charge in [0.25, 0.3) is 0 Å². The molecule has 3 aromatic carbocycles. The van der Waals surface area contributed by atoms with E-state index in [9.17, 15) is 9.36 Å². The molecular formula is C25H28IN2O6P. The summed E-state index contributed by atoms with van der Waals surface area (Å²) >= 11 is 2.25. The van der Waals surface area contributed by atoms with E-state index in [1.807, 2.05) is 25.1 Å². The van der Waals surface area contributed by atoms with Gasteiger partial charge in [-0.1, -0.05) is 6.07 Å². The second-order valence-corrected chi connectivity index (χ2v) is 10.5. The van der Waals surface area contributed by atoms with Crippen LogP contribution in [0.1, 0.15) is 19.4 Å². The van der Waals surface area contributed by atoms with E-state index in [2.05, 4.69) is 33.2 Å². The molecule has 0 aliphatic heterocycles. The molecule has 0 aliphatic rings. The summed E-state index contributed by atoms with van der Waals surface area (Å²) in [5.74, 6) is 1.59. The van der Waals surface area contributed by atoms with Gasteiger partial charge < -0.3 is 29.2 Å². The molecule has 0 atom stereocenters. The lowest BCUT2D eigenvalue weighted by Crippen LogP contribution is -2.19. The molecule has 35 heavy (non-hydrogen) atoms. The van der Waals surface area contributed by atoms with Gasteiger partial charge in [0.1, 0.15) is 17.2 Å². The number of benzene rings is 3. The normalized spacial score (nSPS) is 11.1. The van der Waals surface area contributed by atoms with Crippen molar-refractivity contribution in [3.05, 3.63) is 75.9 Å². The van der Waals surface area contributed by atoms with Gasteiger partial charge in [-0.2, -0.15) is 0 Å². The summed E-state index contributed by atoms with van der Waals surface area (Å²) in [6, 6.07) is 19.3. The van der Waals surface area contributed by atoms with Gasteiger partial charge in [0.05, 0.1) is 13.2 Å². The minimum atomic E-state index is -3.31. The number of hydrogen-bond donors (Lipinski definition) is 2. The van der Waals surface area contributed by atoms with E-state index in [-0.39, 0.29) is 25.6 Å². The zero-order chi connectivity index (χ0) is 25.3. The highest BCUT2D eigenvalue weighted by atomic mass is 127. The summed E-state index contributed by atoms with van der Waals surface area (Å²) in [6.07, 6.45) is -0.192. The van der Waals surface area contributed by atoms with E-state index >= 15 is 0 Å². The van der Waals surface area contributed by atoms with E-state index in [0.717, 1.165) is 14.8 Å². The number of carbonyl (C=O) groups excluding carboxylic acids is 1. The zero-order valence-electron chi connectivity index (χ0n) is 19.7. The van der Waals surface area contributed by atoms with Crippen LogP contribution >= 0.6 is 30.2 Å². The zero-order valence-corrected chi connectivity index (χ0v) is 22.8. The number of hydrogen-bond acceptors (Lipinski definition) is 6. The second-order valence-electron chi connectivity index (χ2n) is 7.36. The Morgan fingerprint density at radius 3 is 2.14 bits per heavy atom. The van der Waals surface area contributed by atoms with Crippen LogP contribution in [0.3, 0.4) is 0 Å². The van der Waals surface area contributed by atoms with E-state index in [1.165, 1.54) is 0 Å². The highest BCUT2D eigenvalue weighted by molar-refractivity contribution is 14.1. The highest BCUT2D eigenvalue weighted by Gasteiger charge is 2.24. The van der Waals surface area contributed by atoms with Crippen LogP contribution in [0, 0.1) is 10.5 Å². The van der Waals surface area contributed by atoms with Gasteiger partial charge in [-0.25, -0.2) is 4.79 Å². The van der Waals surface area contributed by atoms with Crippen molar-refractivity contribution in [3.63, 3.8) is 0 Å². The van der Waals surface area contributed by atoms with E-state index in [4.69, 9.17) is 18.5 Å². The fraction of sp³-hybridized carbons (Fsp3) is 0.240. The molecule has 186 valence electrons. The molecule has 0 fully saturated rings. The molecular weight excluding hydrogens is 582 g/mol. The number of rotatable bonds is 11. The van der Waals surface area contributed by atoms with Crippen molar-refractivity contribution in [2.24, 2.45) is 0 Å². The molecule has 0 spiro atoms. The Morgan fingerprint density at radius 2 is 1.49 bits per heavy atom. The monoisotopic (exact) mass is 610 g/mol. The number of aryl methyl sites for hydroxylation is 1. The summed E-state index contributed by atoms with van der Waals surface area (Å²) in [6.45, 7) is 6.02. The molecule has 0 unspecified atom stereocenters. The van der Waals surface area contributed by atoms with Crippen molar-refractivity contribution in [1.29, 1.82) is 0 Å². The third kappa shape index (κ3) is 8.54. The van der Waals surface area contributed by atoms with Crippen LogP contribution in [-0.2, 0) is 13.6 Å². The minimum Gasteiger partial charge on any atom is -0.481 e. The number of halogens is 1.